The van der Waals surface area contributed by atoms with Crippen molar-refractivity contribution in [3.63, 3.8) is 0 Å². The minimum atomic E-state index is -1.04. The van der Waals surface area contributed by atoms with Gasteiger partial charge in [0.2, 0.25) is 5.13 Å². The second-order valence-corrected chi connectivity index (χ2v) is 5.77. The van der Waals surface area contributed by atoms with Crippen molar-refractivity contribution in [3.8, 4) is 10.9 Å². The Hall–Kier alpha value is -2.61. The number of methoxy groups -OCH3 is 1. The molecule has 8 heteroatoms. The topological polar surface area (TPSA) is 97.2 Å². The number of hydrogen-bond acceptors (Lipinski definition) is 5. The molecule has 0 saturated carbocycles. The van der Waals surface area contributed by atoms with E-state index in [1.54, 1.807) is 20.1 Å². The van der Waals surface area contributed by atoms with Gasteiger partial charge in [0.1, 0.15) is 5.75 Å². The van der Waals surface area contributed by atoms with Gasteiger partial charge in [0.25, 0.3) is 5.56 Å². The second-order valence-electron chi connectivity index (χ2n) is 4.76. The molecule has 0 spiro atoms. The molecule has 2 N–H and O–H groups in total. The van der Waals surface area contributed by atoms with Crippen LogP contribution in [0.15, 0.2) is 23.0 Å². The Labute approximate surface area is 128 Å². The van der Waals surface area contributed by atoms with Crippen LogP contribution in [-0.2, 0) is 11.2 Å². The Bertz CT molecular complexity index is 922. The highest BCUT2D eigenvalue weighted by molar-refractivity contribution is 7.20. The highest BCUT2D eigenvalue weighted by Gasteiger charge is 2.17. The molecule has 0 amide bonds. The van der Waals surface area contributed by atoms with Crippen LogP contribution in [0.3, 0.4) is 0 Å². The number of carbonyl (C=O) groups is 1. The lowest BCUT2D eigenvalue weighted by atomic mass is 10.2. The molecule has 0 aliphatic carbocycles. The van der Waals surface area contributed by atoms with Crippen LogP contribution in [0.2, 0.25) is 0 Å². The van der Waals surface area contributed by atoms with Crippen molar-refractivity contribution in [3.05, 3.63) is 39.8 Å². The summed E-state index contributed by atoms with van der Waals surface area (Å²) in [6.07, 6.45) is -0.313. The first kappa shape index (κ1) is 14.3. The van der Waals surface area contributed by atoms with Crippen molar-refractivity contribution >= 4 is 27.5 Å². The number of ether oxygens (including phenoxy) is 1. The molecule has 7 nitrogen and oxygen atoms in total. The number of aromatic nitrogens is 3. The average Bonchev–Trinajstić information content (AvgIpc) is 3.01. The van der Waals surface area contributed by atoms with Gasteiger partial charge in [-0.15, -0.1) is 0 Å². The van der Waals surface area contributed by atoms with E-state index < -0.39 is 5.97 Å². The second kappa shape index (κ2) is 5.30. The largest absolute Gasteiger partial charge is 0.497 e. The van der Waals surface area contributed by atoms with Gasteiger partial charge in [0.15, 0.2) is 0 Å². The van der Waals surface area contributed by atoms with Gasteiger partial charge in [0, 0.05) is 5.69 Å². The molecule has 3 aromatic rings. The fourth-order valence-corrected chi connectivity index (χ4v) is 3.14. The summed E-state index contributed by atoms with van der Waals surface area (Å²) in [6.45, 7) is 1.67. The summed E-state index contributed by atoms with van der Waals surface area (Å²) in [5, 5.41) is 12.2. The fourth-order valence-electron chi connectivity index (χ4n) is 2.19. The molecule has 0 fully saturated rings. The summed E-state index contributed by atoms with van der Waals surface area (Å²) in [4.78, 5) is 27.6. The molecule has 0 aliphatic rings. The third-order valence-electron chi connectivity index (χ3n) is 3.30. The van der Waals surface area contributed by atoms with Crippen LogP contribution >= 0.6 is 11.3 Å². The van der Waals surface area contributed by atoms with Crippen molar-refractivity contribution in [2.75, 3.05) is 7.11 Å². The molecule has 2 heterocycles. The monoisotopic (exact) mass is 319 g/mol. The predicted octanol–water partition coefficient (Wildman–Crippen LogP) is 1.72. The van der Waals surface area contributed by atoms with Crippen LogP contribution in [-0.4, -0.2) is 33.0 Å². The van der Waals surface area contributed by atoms with Gasteiger partial charge in [-0.2, -0.15) is 4.68 Å². The van der Waals surface area contributed by atoms with Gasteiger partial charge in [0.05, 0.1) is 29.3 Å². The van der Waals surface area contributed by atoms with Gasteiger partial charge in [-0.25, -0.2) is 4.98 Å². The van der Waals surface area contributed by atoms with E-state index in [0.29, 0.717) is 16.6 Å². The number of benzene rings is 1. The summed E-state index contributed by atoms with van der Waals surface area (Å²) in [5.74, 6) is -0.329. The van der Waals surface area contributed by atoms with E-state index in [0.717, 1.165) is 10.2 Å². The molecule has 1 aromatic carbocycles. The number of thiazole rings is 1. The smallest absolute Gasteiger partial charge is 0.308 e. The number of rotatable bonds is 4. The zero-order valence-electron chi connectivity index (χ0n) is 11.9. The maximum atomic E-state index is 12.3. The SMILES string of the molecule is COc1ccc2nc(-n3[nH]c(C)c(CC(=O)O)c3=O)sc2c1. The van der Waals surface area contributed by atoms with Crippen LogP contribution in [0.25, 0.3) is 15.3 Å². The van der Waals surface area contributed by atoms with E-state index in [2.05, 4.69) is 10.1 Å². The first-order chi connectivity index (χ1) is 10.5. The van der Waals surface area contributed by atoms with E-state index in [-0.39, 0.29) is 17.5 Å². The number of nitrogens with one attached hydrogen (secondary N) is 1. The number of aryl methyl sites for hydroxylation is 1. The van der Waals surface area contributed by atoms with Crippen LogP contribution < -0.4 is 10.3 Å². The molecule has 0 bridgehead atoms. The third kappa shape index (κ3) is 2.37. The number of carboxylic acid groups (broad SMARTS) is 1. The molecule has 3 rings (SSSR count). The summed E-state index contributed by atoms with van der Waals surface area (Å²) in [5.41, 5.74) is 1.14. The minimum absolute atomic E-state index is 0.240. The minimum Gasteiger partial charge on any atom is -0.497 e. The lowest BCUT2D eigenvalue weighted by Gasteiger charge is -1.96. The zero-order valence-corrected chi connectivity index (χ0v) is 12.7. The molecule has 2 aromatic heterocycles. The summed E-state index contributed by atoms with van der Waals surface area (Å²) < 4.78 is 7.33. The standard InChI is InChI=1S/C14H13N3O4S/c1-7-9(6-12(18)19)13(20)17(16-7)14-15-10-4-3-8(21-2)5-11(10)22-14/h3-5,16H,6H2,1-2H3,(H,18,19). The van der Waals surface area contributed by atoms with E-state index >= 15 is 0 Å². The molecule has 114 valence electrons. The van der Waals surface area contributed by atoms with E-state index in [1.807, 2.05) is 12.1 Å². The number of aromatic amines is 1. The molecule has 0 unspecified atom stereocenters. The summed E-state index contributed by atoms with van der Waals surface area (Å²) in [7, 11) is 1.58. The zero-order chi connectivity index (χ0) is 15.9. The van der Waals surface area contributed by atoms with Gasteiger partial charge in [-0.3, -0.25) is 14.7 Å². The number of carboxylic acids is 1. The van der Waals surface area contributed by atoms with Crippen molar-refractivity contribution in [2.24, 2.45) is 0 Å². The van der Waals surface area contributed by atoms with E-state index in [9.17, 15) is 9.59 Å². The average molecular weight is 319 g/mol. The van der Waals surface area contributed by atoms with Crippen LogP contribution in [0.1, 0.15) is 11.3 Å². The Kier molecular flexibility index (Phi) is 3.45. The van der Waals surface area contributed by atoms with Crippen molar-refractivity contribution < 1.29 is 14.6 Å². The number of H-pyrrole nitrogens is 1. The highest BCUT2D eigenvalue weighted by Crippen LogP contribution is 2.27. The lowest BCUT2D eigenvalue weighted by molar-refractivity contribution is -0.136. The van der Waals surface area contributed by atoms with Gasteiger partial charge in [-0.1, -0.05) is 11.3 Å². The fraction of sp³-hybridized carbons (Fsp3) is 0.214. The van der Waals surface area contributed by atoms with Gasteiger partial charge >= 0.3 is 5.97 Å². The Morgan fingerprint density at radius 1 is 1.50 bits per heavy atom. The molecule has 22 heavy (non-hydrogen) atoms. The number of aliphatic carboxylic acids is 1. The number of fused-ring (bicyclic) bond motifs is 1. The van der Waals surface area contributed by atoms with Gasteiger partial charge < -0.3 is 9.84 Å². The normalized spacial score (nSPS) is 11.0. The predicted molar refractivity (Wildman–Crippen MR) is 82.2 cm³/mol. The van der Waals surface area contributed by atoms with Crippen LogP contribution in [0, 0.1) is 6.92 Å². The summed E-state index contributed by atoms with van der Waals surface area (Å²) >= 11 is 1.33. The first-order valence-corrected chi connectivity index (χ1v) is 7.28. The Balaban J connectivity index is 2.11. The quantitative estimate of drug-likeness (QED) is 0.763. The first-order valence-electron chi connectivity index (χ1n) is 6.47. The van der Waals surface area contributed by atoms with Crippen molar-refractivity contribution in [1.82, 2.24) is 14.8 Å². The Morgan fingerprint density at radius 2 is 2.27 bits per heavy atom. The van der Waals surface area contributed by atoms with Crippen LogP contribution in [0.4, 0.5) is 0 Å². The van der Waals surface area contributed by atoms with E-state index in [1.165, 1.54) is 16.0 Å². The number of nitrogens with zero attached hydrogens (tertiary/aromatic N) is 2. The van der Waals surface area contributed by atoms with E-state index in [4.69, 9.17) is 9.84 Å². The molecule has 0 aliphatic heterocycles. The van der Waals surface area contributed by atoms with Crippen molar-refractivity contribution in [1.29, 1.82) is 0 Å². The maximum absolute atomic E-state index is 12.3. The van der Waals surface area contributed by atoms with Crippen molar-refractivity contribution in [2.45, 2.75) is 13.3 Å². The molecule has 0 atom stereocenters. The maximum Gasteiger partial charge on any atom is 0.308 e. The third-order valence-corrected chi connectivity index (χ3v) is 4.30. The Morgan fingerprint density at radius 3 is 2.95 bits per heavy atom. The van der Waals surface area contributed by atoms with Crippen LogP contribution in [0.5, 0.6) is 5.75 Å². The number of hydrogen-bond donors (Lipinski definition) is 2. The highest BCUT2D eigenvalue weighted by atomic mass is 32.1. The molecular weight excluding hydrogens is 306 g/mol. The summed E-state index contributed by atoms with van der Waals surface area (Å²) in [6, 6.07) is 5.45. The lowest BCUT2D eigenvalue weighted by Crippen LogP contribution is -2.19. The molecule has 0 saturated heterocycles. The van der Waals surface area contributed by atoms with Gasteiger partial charge in [-0.05, 0) is 25.1 Å². The molecule has 0 radical (unpaired) electrons. The molecular formula is C14H13N3O4S.